The van der Waals surface area contributed by atoms with Crippen LogP contribution < -0.4 is 10.6 Å². The van der Waals surface area contributed by atoms with E-state index in [9.17, 15) is 9.90 Å². The molecule has 2 amide bonds. The molecule has 1 aromatic carbocycles. The average Bonchev–Trinajstić information content (AvgIpc) is 2.08. The third-order valence-electron chi connectivity index (χ3n) is 1.60. The van der Waals surface area contributed by atoms with Crippen molar-refractivity contribution in [1.29, 1.82) is 0 Å². The van der Waals surface area contributed by atoms with Crippen LogP contribution in [0.15, 0.2) is 18.2 Å². The molecule has 0 radical (unpaired) electrons. The Hall–Kier alpha value is -0.970. The molecule has 4 nitrogen and oxygen atoms in total. The Balaban J connectivity index is 2.67. The fraction of sp³-hybridized carbons (Fsp3) is 0.300. The predicted octanol–water partition coefficient (Wildman–Crippen LogP) is 2.84. The lowest BCUT2D eigenvalue weighted by Crippen LogP contribution is -2.45. The highest BCUT2D eigenvalue weighted by molar-refractivity contribution is 6.42. The lowest BCUT2D eigenvalue weighted by atomic mass is 10.3. The van der Waals surface area contributed by atoms with Gasteiger partial charge in [0.05, 0.1) is 10.0 Å². The maximum Gasteiger partial charge on any atom is 0.321 e. The fourth-order valence-electron chi connectivity index (χ4n) is 1.01. The number of anilines is 1. The van der Waals surface area contributed by atoms with Gasteiger partial charge in [-0.3, -0.25) is 0 Å². The van der Waals surface area contributed by atoms with E-state index in [1.807, 2.05) is 0 Å². The Morgan fingerprint density at radius 2 is 1.94 bits per heavy atom. The largest absolute Gasteiger partial charge is 0.372 e. The quantitative estimate of drug-likeness (QED) is 0.718. The molecule has 0 unspecified atom stereocenters. The van der Waals surface area contributed by atoms with Crippen LogP contribution in [0.25, 0.3) is 0 Å². The van der Waals surface area contributed by atoms with Crippen molar-refractivity contribution < 1.29 is 9.90 Å². The minimum absolute atomic E-state index is 0.350. The minimum atomic E-state index is -1.28. The van der Waals surface area contributed by atoms with Gasteiger partial charge >= 0.3 is 6.03 Å². The van der Waals surface area contributed by atoms with Gasteiger partial charge in [-0.25, -0.2) is 4.79 Å². The van der Waals surface area contributed by atoms with Crippen LogP contribution in [-0.2, 0) is 0 Å². The van der Waals surface area contributed by atoms with Crippen LogP contribution in [0, 0.1) is 0 Å². The number of amides is 2. The third kappa shape index (κ3) is 4.26. The van der Waals surface area contributed by atoms with Gasteiger partial charge < -0.3 is 15.7 Å². The SMILES string of the molecule is CC(C)(O)NC(=O)Nc1ccc(Cl)c(Cl)c1. The lowest BCUT2D eigenvalue weighted by molar-refractivity contribution is 0.0569. The van der Waals surface area contributed by atoms with Crippen LogP contribution in [0.1, 0.15) is 13.8 Å². The Kier molecular flexibility index (Phi) is 4.02. The number of rotatable bonds is 2. The van der Waals surface area contributed by atoms with Crippen molar-refractivity contribution in [1.82, 2.24) is 5.32 Å². The van der Waals surface area contributed by atoms with Gasteiger partial charge in [-0.15, -0.1) is 0 Å². The van der Waals surface area contributed by atoms with Crippen LogP contribution in [0.4, 0.5) is 10.5 Å². The smallest absolute Gasteiger partial charge is 0.321 e. The van der Waals surface area contributed by atoms with Crippen molar-refractivity contribution in [2.45, 2.75) is 19.6 Å². The van der Waals surface area contributed by atoms with Gasteiger partial charge in [-0.1, -0.05) is 23.2 Å². The molecule has 0 saturated heterocycles. The molecule has 0 aliphatic heterocycles. The fourth-order valence-corrected chi connectivity index (χ4v) is 1.31. The summed E-state index contributed by atoms with van der Waals surface area (Å²) in [6.07, 6.45) is 0. The average molecular weight is 263 g/mol. The van der Waals surface area contributed by atoms with E-state index in [0.29, 0.717) is 15.7 Å². The van der Waals surface area contributed by atoms with Crippen LogP contribution in [0.3, 0.4) is 0 Å². The number of hydrogen-bond donors (Lipinski definition) is 3. The van der Waals surface area contributed by atoms with Crippen LogP contribution >= 0.6 is 23.2 Å². The van der Waals surface area contributed by atoms with E-state index in [-0.39, 0.29) is 0 Å². The molecule has 0 heterocycles. The van der Waals surface area contributed by atoms with E-state index in [4.69, 9.17) is 23.2 Å². The van der Waals surface area contributed by atoms with Gasteiger partial charge in [0.25, 0.3) is 0 Å². The second-order valence-corrected chi connectivity index (χ2v) is 4.58. The number of nitrogens with one attached hydrogen (secondary N) is 2. The summed E-state index contributed by atoms with van der Waals surface area (Å²) in [5, 5.41) is 15.0. The number of benzene rings is 1. The van der Waals surface area contributed by atoms with Gasteiger partial charge in [0.1, 0.15) is 5.72 Å². The number of carbonyl (C=O) groups is 1. The van der Waals surface area contributed by atoms with Crippen LogP contribution in [0.2, 0.25) is 10.0 Å². The Morgan fingerprint density at radius 3 is 2.44 bits per heavy atom. The summed E-state index contributed by atoms with van der Waals surface area (Å²) in [4.78, 5) is 11.4. The molecule has 0 aliphatic carbocycles. The van der Waals surface area contributed by atoms with E-state index in [2.05, 4.69) is 10.6 Å². The molecular weight excluding hydrogens is 251 g/mol. The molecule has 3 N–H and O–H groups in total. The van der Waals surface area contributed by atoms with E-state index in [1.165, 1.54) is 19.9 Å². The van der Waals surface area contributed by atoms with Crippen molar-refractivity contribution in [2.24, 2.45) is 0 Å². The third-order valence-corrected chi connectivity index (χ3v) is 2.34. The number of aliphatic hydroxyl groups is 1. The molecule has 0 atom stereocenters. The highest BCUT2D eigenvalue weighted by Gasteiger charge is 2.15. The molecule has 88 valence electrons. The normalized spacial score (nSPS) is 11.1. The number of hydrogen-bond acceptors (Lipinski definition) is 2. The highest BCUT2D eigenvalue weighted by Crippen LogP contribution is 2.24. The molecule has 0 spiro atoms. The van der Waals surface area contributed by atoms with Gasteiger partial charge in [-0.2, -0.15) is 0 Å². The Morgan fingerprint density at radius 1 is 1.31 bits per heavy atom. The number of urea groups is 1. The zero-order valence-corrected chi connectivity index (χ0v) is 10.4. The van der Waals surface area contributed by atoms with Crippen molar-refractivity contribution in [3.63, 3.8) is 0 Å². The van der Waals surface area contributed by atoms with Crippen molar-refractivity contribution in [3.05, 3.63) is 28.2 Å². The van der Waals surface area contributed by atoms with Crippen molar-refractivity contribution >= 4 is 34.9 Å². The zero-order valence-electron chi connectivity index (χ0n) is 8.84. The van der Waals surface area contributed by atoms with Crippen LogP contribution in [-0.4, -0.2) is 16.9 Å². The van der Waals surface area contributed by atoms with Gasteiger partial charge in [0.15, 0.2) is 0 Å². The number of halogens is 2. The predicted molar refractivity (Wildman–Crippen MR) is 64.9 cm³/mol. The van der Waals surface area contributed by atoms with Gasteiger partial charge in [0, 0.05) is 5.69 Å². The molecule has 1 rings (SSSR count). The summed E-state index contributed by atoms with van der Waals surface area (Å²) >= 11 is 11.5. The molecule has 16 heavy (non-hydrogen) atoms. The molecule has 0 aliphatic rings. The first-order valence-corrected chi connectivity index (χ1v) is 5.30. The Labute approximate surface area is 104 Å². The molecule has 0 bridgehead atoms. The van der Waals surface area contributed by atoms with Crippen LogP contribution in [0.5, 0.6) is 0 Å². The first kappa shape index (κ1) is 13.1. The minimum Gasteiger partial charge on any atom is -0.372 e. The number of carbonyl (C=O) groups excluding carboxylic acids is 1. The standard InChI is InChI=1S/C10H12Cl2N2O2/c1-10(2,16)14-9(15)13-6-3-4-7(11)8(12)5-6/h3-5,16H,1-2H3,(H2,13,14,15). The van der Waals surface area contributed by atoms with E-state index >= 15 is 0 Å². The lowest BCUT2D eigenvalue weighted by Gasteiger charge is -2.19. The Bertz CT molecular complexity index is 402. The molecule has 6 heteroatoms. The maximum atomic E-state index is 11.4. The summed E-state index contributed by atoms with van der Waals surface area (Å²) < 4.78 is 0. The molecule has 0 saturated carbocycles. The second kappa shape index (κ2) is 4.91. The zero-order chi connectivity index (χ0) is 12.3. The first-order chi connectivity index (χ1) is 7.28. The van der Waals surface area contributed by atoms with E-state index < -0.39 is 11.8 Å². The molecule has 0 aromatic heterocycles. The van der Waals surface area contributed by atoms with Crippen molar-refractivity contribution in [3.8, 4) is 0 Å². The van der Waals surface area contributed by atoms with Gasteiger partial charge in [0.2, 0.25) is 0 Å². The first-order valence-electron chi connectivity index (χ1n) is 4.54. The van der Waals surface area contributed by atoms with Crippen molar-refractivity contribution in [2.75, 3.05) is 5.32 Å². The monoisotopic (exact) mass is 262 g/mol. The maximum absolute atomic E-state index is 11.4. The molecule has 1 aromatic rings. The van der Waals surface area contributed by atoms with Gasteiger partial charge in [-0.05, 0) is 32.0 Å². The van der Waals surface area contributed by atoms with E-state index in [0.717, 1.165) is 0 Å². The summed E-state index contributed by atoms with van der Waals surface area (Å²) in [5.74, 6) is 0. The molecular formula is C10H12Cl2N2O2. The van der Waals surface area contributed by atoms with E-state index in [1.54, 1.807) is 12.1 Å². The summed E-state index contributed by atoms with van der Waals surface area (Å²) in [5.41, 5.74) is -0.781. The summed E-state index contributed by atoms with van der Waals surface area (Å²) in [6, 6.07) is 4.18. The second-order valence-electron chi connectivity index (χ2n) is 3.77. The topological polar surface area (TPSA) is 61.4 Å². The summed E-state index contributed by atoms with van der Waals surface area (Å²) in [6.45, 7) is 2.92. The summed E-state index contributed by atoms with van der Waals surface area (Å²) in [7, 11) is 0. The molecule has 0 fully saturated rings. The highest BCUT2D eigenvalue weighted by atomic mass is 35.5.